The lowest BCUT2D eigenvalue weighted by molar-refractivity contribution is 0.0938. The topological polar surface area (TPSA) is 84.5 Å². The van der Waals surface area contributed by atoms with Crippen LogP contribution >= 0.6 is 0 Å². The molecule has 8 heteroatoms. The Morgan fingerprint density at radius 2 is 1.79 bits per heavy atom. The molecule has 0 saturated heterocycles. The molecule has 0 heterocycles. The van der Waals surface area contributed by atoms with Crippen LogP contribution in [-0.4, -0.2) is 34.6 Å². The van der Waals surface area contributed by atoms with Gasteiger partial charge in [-0.2, -0.15) is 0 Å². The highest BCUT2D eigenvalue weighted by Gasteiger charge is 2.18. The van der Waals surface area contributed by atoms with Crippen molar-refractivity contribution in [1.29, 1.82) is 0 Å². The van der Waals surface area contributed by atoms with E-state index in [-0.39, 0.29) is 16.1 Å². The summed E-state index contributed by atoms with van der Waals surface area (Å²) in [5.41, 5.74) is 0.316. The van der Waals surface area contributed by atoms with Gasteiger partial charge in [-0.1, -0.05) is 12.1 Å². The van der Waals surface area contributed by atoms with Crippen LogP contribution in [0.25, 0.3) is 0 Å². The van der Waals surface area contributed by atoms with Crippen LogP contribution in [0.15, 0.2) is 53.4 Å². The van der Waals surface area contributed by atoms with E-state index in [1.807, 2.05) is 0 Å². The van der Waals surface area contributed by atoms with Gasteiger partial charge in [-0.3, -0.25) is 9.52 Å². The fourth-order valence-electron chi connectivity index (χ4n) is 1.95. The molecule has 0 fully saturated rings. The van der Waals surface area contributed by atoms with Crippen molar-refractivity contribution in [3.05, 3.63) is 59.9 Å². The predicted octanol–water partition coefficient (Wildman–Crippen LogP) is 2.00. The minimum absolute atomic E-state index is 0.0986. The Morgan fingerprint density at radius 3 is 2.46 bits per heavy atom. The highest BCUT2D eigenvalue weighted by atomic mass is 32.2. The summed E-state index contributed by atoms with van der Waals surface area (Å²) in [6.45, 7) is 0.642. The van der Waals surface area contributed by atoms with E-state index in [0.29, 0.717) is 13.2 Å². The van der Waals surface area contributed by atoms with Gasteiger partial charge in [0.1, 0.15) is 5.82 Å². The zero-order valence-corrected chi connectivity index (χ0v) is 13.8. The molecule has 0 aromatic heterocycles. The molecule has 128 valence electrons. The number of hydrogen-bond donors (Lipinski definition) is 2. The number of halogens is 1. The Labute approximate surface area is 139 Å². The largest absolute Gasteiger partial charge is 0.383 e. The third-order valence-electron chi connectivity index (χ3n) is 3.13. The summed E-state index contributed by atoms with van der Waals surface area (Å²) < 4.78 is 44.9. The number of carbonyl (C=O) groups excluding carboxylic acids is 1. The van der Waals surface area contributed by atoms with Gasteiger partial charge in [-0.05, 0) is 36.4 Å². The summed E-state index contributed by atoms with van der Waals surface area (Å²) in [5.74, 6) is -0.962. The minimum Gasteiger partial charge on any atom is -0.383 e. The van der Waals surface area contributed by atoms with Crippen molar-refractivity contribution >= 4 is 21.6 Å². The average Bonchev–Trinajstić information content (AvgIpc) is 2.55. The number of ether oxygens (including phenoxy) is 1. The first-order valence-corrected chi connectivity index (χ1v) is 8.57. The Balaban J connectivity index is 2.23. The molecule has 0 aliphatic heterocycles. The Hall–Kier alpha value is -2.45. The van der Waals surface area contributed by atoms with Crippen molar-refractivity contribution in [2.45, 2.75) is 4.90 Å². The summed E-state index contributed by atoms with van der Waals surface area (Å²) in [5, 5.41) is 2.62. The van der Waals surface area contributed by atoms with Crippen LogP contribution in [0, 0.1) is 5.82 Å². The van der Waals surface area contributed by atoms with Crippen LogP contribution in [0.4, 0.5) is 10.1 Å². The molecule has 6 nitrogen and oxygen atoms in total. The molecule has 2 rings (SSSR count). The molecule has 0 spiro atoms. The number of hydrogen-bond acceptors (Lipinski definition) is 4. The molecule has 0 bridgehead atoms. The van der Waals surface area contributed by atoms with E-state index in [1.165, 1.54) is 19.2 Å². The average molecular weight is 352 g/mol. The fourth-order valence-corrected chi connectivity index (χ4v) is 3.03. The third kappa shape index (κ3) is 4.53. The maximum Gasteiger partial charge on any atom is 0.261 e. The molecule has 0 unspecified atom stereocenters. The molecular weight excluding hydrogens is 335 g/mol. The first-order valence-electron chi connectivity index (χ1n) is 7.08. The minimum atomic E-state index is -3.93. The summed E-state index contributed by atoms with van der Waals surface area (Å²) in [6, 6.07) is 10.6. The summed E-state index contributed by atoms with van der Waals surface area (Å²) in [7, 11) is -2.42. The van der Waals surface area contributed by atoms with Gasteiger partial charge in [-0.15, -0.1) is 0 Å². The third-order valence-corrected chi connectivity index (χ3v) is 4.51. The van der Waals surface area contributed by atoms with E-state index in [4.69, 9.17) is 4.74 Å². The molecule has 2 aromatic carbocycles. The number of anilines is 1. The highest BCUT2D eigenvalue weighted by Crippen LogP contribution is 2.20. The molecule has 0 radical (unpaired) electrons. The van der Waals surface area contributed by atoms with Crippen molar-refractivity contribution in [2.75, 3.05) is 25.0 Å². The second-order valence-electron chi connectivity index (χ2n) is 4.85. The van der Waals surface area contributed by atoms with Crippen LogP contribution < -0.4 is 10.0 Å². The number of rotatable bonds is 7. The first kappa shape index (κ1) is 17.9. The van der Waals surface area contributed by atoms with Gasteiger partial charge < -0.3 is 10.1 Å². The number of benzene rings is 2. The normalized spacial score (nSPS) is 11.1. The molecule has 1 amide bonds. The fraction of sp³-hybridized carbons (Fsp3) is 0.188. The van der Waals surface area contributed by atoms with Crippen molar-refractivity contribution < 1.29 is 22.3 Å². The Kier molecular flexibility index (Phi) is 5.88. The van der Waals surface area contributed by atoms with Crippen molar-refractivity contribution in [3.8, 4) is 0 Å². The van der Waals surface area contributed by atoms with E-state index in [0.717, 1.165) is 24.3 Å². The number of amides is 1. The summed E-state index contributed by atoms with van der Waals surface area (Å²) in [4.78, 5) is 12.1. The molecule has 0 aliphatic carbocycles. The lowest BCUT2D eigenvalue weighted by Gasteiger charge is -2.12. The van der Waals surface area contributed by atoms with Crippen LogP contribution in [0.1, 0.15) is 10.4 Å². The van der Waals surface area contributed by atoms with E-state index in [1.54, 1.807) is 12.1 Å². The van der Waals surface area contributed by atoms with Crippen LogP contribution in [-0.2, 0) is 14.8 Å². The first-order chi connectivity index (χ1) is 11.4. The van der Waals surface area contributed by atoms with E-state index in [9.17, 15) is 17.6 Å². The van der Waals surface area contributed by atoms with Gasteiger partial charge >= 0.3 is 0 Å². The van der Waals surface area contributed by atoms with Gasteiger partial charge in [0.05, 0.1) is 22.8 Å². The summed E-state index contributed by atoms with van der Waals surface area (Å²) >= 11 is 0. The van der Waals surface area contributed by atoms with Gasteiger partial charge in [0.25, 0.3) is 15.9 Å². The van der Waals surface area contributed by atoms with Crippen LogP contribution in [0.5, 0.6) is 0 Å². The molecular formula is C16H17FN2O4S. The molecule has 2 N–H and O–H groups in total. The number of methoxy groups -OCH3 is 1. The van der Waals surface area contributed by atoms with Gasteiger partial charge in [0.15, 0.2) is 0 Å². The van der Waals surface area contributed by atoms with Crippen molar-refractivity contribution in [3.63, 3.8) is 0 Å². The van der Waals surface area contributed by atoms with E-state index < -0.39 is 21.7 Å². The monoisotopic (exact) mass is 352 g/mol. The lowest BCUT2D eigenvalue weighted by Crippen LogP contribution is -2.28. The lowest BCUT2D eigenvalue weighted by atomic mass is 10.2. The zero-order chi connectivity index (χ0) is 17.6. The molecule has 0 atom stereocenters. The molecule has 0 aliphatic rings. The standard InChI is InChI=1S/C16H17FN2O4S/c1-23-11-10-18-16(20)14-4-2-3-5-15(14)19-24(21,22)13-8-6-12(17)7-9-13/h2-9,19H,10-11H2,1H3,(H,18,20). The number of sulfonamides is 1. The van der Waals surface area contributed by atoms with Gasteiger partial charge in [-0.25, -0.2) is 12.8 Å². The molecule has 24 heavy (non-hydrogen) atoms. The van der Waals surface area contributed by atoms with Crippen LogP contribution in [0.2, 0.25) is 0 Å². The van der Waals surface area contributed by atoms with E-state index in [2.05, 4.69) is 10.0 Å². The smallest absolute Gasteiger partial charge is 0.261 e. The SMILES string of the molecule is COCCNC(=O)c1ccccc1NS(=O)(=O)c1ccc(F)cc1. The van der Waals surface area contributed by atoms with Gasteiger partial charge in [0.2, 0.25) is 0 Å². The Morgan fingerprint density at radius 1 is 1.12 bits per heavy atom. The maximum atomic E-state index is 12.9. The molecule has 2 aromatic rings. The maximum absolute atomic E-state index is 12.9. The van der Waals surface area contributed by atoms with Gasteiger partial charge in [0, 0.05) is 13.7 Å². The van der Waals surface area contributed by atoms with E-state index >= 15 is 0 Å². The zero-order valence-electron chi connectivity index (χ0n) is 13.0. The molecule has 0 saturated carbocycles. The Bertz CT molecular complexity index is 807. The number of para-hydroxylation sites is 1. The number of nitrogens with one attached hydrogen (secondary N) is 2. The highest BCUT2D eigenvalue weighted by molar-refractivity contribution is 7.92. The predicted molar refractivity (Wildman–Crippen MR) is 87.9 cm³/mol. The quantitative estimate of drug-likeness (QED) is 0.747. The van der Waals surface area contributed by atoms with Crippen LogP contribution in [0.3, 0.4) is 0 Å². The second-order valence-corrected chi connectivity index (χ2v) is 6.54. The van der Waals surface area contributed by atoms with Crippen molar-refractivity contribution in [1.82, 2.24) is 5.32 Å². The van der Waals surface area contributed by atoms with Crippen molar-refractivity contribution in [2.24, 2.45) is 0 Å². The number of carbonyl (C=O) groups is 1. The second kappa shape index (κ2) is 7.89. The summed E-state index contributed by atoms with van der Waals surface area (Å²) in [6.07, 6.45) is 0.